The van der Waals surface area contributed by atoms with Gasteiger partial charge in [-0.1, -0.05) is 12.1 Å². The van der Waals surface area contributed by atoms with E-state index >= 15 is 0 Å². The van der Waals surface area contributed by atoms with Gasteiger partial charge in [-0.2, -0.15) is 0 Å². The van der Waals surface area contributed by atoms with E-state index in [1.54, 1.807) is 6.92 Å². The van der Waals surface area contributed by atoms with Crippen LogP contribution in [0.15, 0.2) is 28.7 Å². The maximum absolute atomic E-state index is 11.8. The summed E-state index contributed by atoms with van der Waals surface area (Å²) in [5.41, 5.74) is 0. The van der Waals surface area contributed by atoms with Gasteiger partial charge in [-0.3, -0.25) is 4.79 Å². The van der Waals surface area contributed by atoms with Crippen LogP contribution in [0, 0.1) is 5.92 Å². The molecule has 1 aliphatic heterocycles. The Bertz CT molecular complexity index is 421. The smallest absolute Gasteiger partial charge is 0.260 e. The number of rotatable bonds is 5. The second kappa shape index (κ2) is 6.20. The van der Waals surface area contributed by atoms with E-state index in [9.17, 15) is 4.79 Å². The monoisotopic (exact) mass is 312 g/mol. The van der Waals surface area contributed by atoms with Gasteiger partial charge >= 0.3 is 0 Å². The van der Waals surface area contributed by atoms with Crippen molar-refractivity contribution in [2.24, 2.45) is 5.92 Å². The number of benzene rings is 1. The predicted molar refractivity (Wildman–Crippen MR) is 73.6 cm³/mol. The summed E-state index contributed by atoms with van der Waals surface area (Å²) in [6.07, 6.45) is -0.489. The van der Waals surface area contributed by atoms with Gasteiger partial charge in [-0.15, -0.1) is 0 Å². The third-order valence-electron chi connectivity index (χ3n) is 2.94. The number of halogens is 1. The Labute approximate surface area is 115 Å². The molecule has 2 rings (SSSR count). The zero-order chi connectivity index (χ0) is 13.0. The van der Waals surface area contributed by atoms with E-state index in [1.165, 1.54) is 0 Å². The Balaban J connectivity index is 1.81. The average molecular weight is 313 g/mol. The molecule has 5 heteroatoms. The fraction of sp³-hybridized carbons (Fsp3) is 0.462. The van der Waals surface area contributed by atoms with Crippen LogP contribution in [0.1, 0.15) is 6.92 Å². The number of para-hydroxylation sites is 1. The molecule has 98 valence electrons. The minimum Gasteiger partial charge on any atom is -0.480 e. The molecule has 18 heavy (non-hydrogen) atoms. The van der Waals surface area contributed by atoms with Gasteiger partial charge in [0.1, 0.15) is 5.75 Å². The van der Waals surface area contributed by atoms with Crippen molar-refractivity contribution >= 4 is 21.8 Å². The molecule has 0 aliphatic carbocycles. The highest BCUT2D eigenvalue weighted by Gasteiger charge is 2.20. The van der Waals surface area contributed by atoms with Gasteiger partial charge in [0.2, 0.25) is 0 Å². The molecule has 1 fully saturated rings. The van der Waals surface area contributed by atoms with Crippen LogP contribution in [0.25, 0.3) is 0 Å². The SMILES string of the molecule is CC(Oc1ccccc1Br)C(=O)NCC1CNC1. The summed E-state index contributed by atoms with van der Waals surface area (Å²) in [6, 6.07) is 7.51. The van der Waals surface area contributed by atoms with Crippen LogP contribution >= 0.6 is 15.9 Å². The van der Waals surface area contributed by atoms with Crippen molar-refractivity contribution in [3.63, 3.8) is 0 Å². The van der Waals surface area contributed by atoms with Crippen LogP contribution in [-0.4, -0.2) is 31.6 Å². The third kappa shape index (κ3) is 3.46. The van der Waals surface area contributed by atoms with Crippen LogP contribution in [0.5, 0.6) is 5.75 Å². The molecule has 2 N–H and O–H groups in total. The first kappa shape index (κ1) is 13.4. The number of carbonyl (C=O) groups excluding carboxylic acids is 1. The molecule has 4 nitrogen and oxygen atoms in total. The molecular weight excluding hydrogens is 296 g/mol. The van der Waals surface area contributed by atoms with E-state index in [0.29, 0.717) is 11.7 Å². The minimum atomic E-state index is -0.489. The molecule has 1 amide bonds. The number of carbonyl (C=O) groups is 1. The molecule has 1 aromatic rings. The Morgan fingerprint density at radius 1 is 1.56 bits per heavy atom. The second-order valence-corrected chi connectivity index (χ2v) is 5.31. The highest BCUT2D eigenvalue weighted by atomic mass is 79.9. The van der Waals surface area contributed by atoms with E-state index in [1.807, 2.05) is 24.3 Å². The molecule has 1 saturated heterocycles. The molecule has 0 bridgehead atoms. The Hall–Kier alpha value is -1.07. The van der Waals surface area contributed by atoms with Crippen molar-refractivity contribution in [2.45, 2.75) is 13.0 Å². The number of ether oxygens (including phenoxy) is 1. The lowest BCUT2D eigenvalue weighted by Crippen LogP contribution is -2.49. The van der Waals surface area contributed by atoms with Crippen molar-refractivity contribution in [3.8, 4) is 5.75 Å². The molecule has 1 atom stereocenters. The van der Waals surface area contributed by atoms with Gasteiger partial charge in [0.15, 0.2) is 6.10 Å². The van der Waals surface area contributed by atoms with Gasteiger partial charge in [0.05, 0.1) is 4.47 Å². The fourth-order valence-corrected chi connectivity index (χ4v) is 2.04. The molecular formula is C13H17BrN2O2. The summed E-state index contributed by atoms with van der Waals surface area (Å²) in [5.74, 6) is 1.17. The normalized spacial score (nSPS) is 16.8. The molecule has 0 aromatic heterocycles. The largest absolute Gasteiger partial charge is 0.480 e. The van der Waals surface area contributed by atoms with Crippen LogP contribution in [0.2, 0.25) is 0 Å². The molecule has 1 aliphatic rings. The number of nitrogens with one attached hydrogen (secondary N) is 2. The van der Waals surface area contributed by atoms with E-state index in [0.717, 1.165) is 24.1 Å². The van der Waals surface area contributed by atoms with E-state index in [4.69, 9.17) is 4.74 Å². The van der Waals surface area contributed by atoms with Gasteiger partial charge in [0.25, 0.3) is 5.91 Å². The Morgan fingerprint density at radius 3 is 2.89 bits per heavy atom. The molecule has 0 spiro atoms. The quantitative estimate of drug-likeness (QED) is 0.867. The highest BCUT2D eigenvalue weighted by Crippen LogP contribution is 2.24. The fourth-order valence-electron chi connectivity index (χ4n) is 1.67. The summed E-state index contributed by atoms with van der Waals surface area (Å²) < 4.78 is 6.47. The number of hydrogen-bond donors (Lipinski definition) is 2. The molecule has 0 saturated carbocycles. The van der Waals surface area contributed by atoms with Gasteiger partial charge < -0.3 is 15.4 Å². The molecule has 1 heterocycles. The maximum Gasteiger partial charge on any atom is 0.260 e. The van der Waals surface area contributed by atoms with Gasteiger partial charge in [-0.25, -0.2) is 0 Å². The molecule has 1 aromatic carbocycles. The van der Waals surface area contributed by atoms with Crippen molar-refractivity contribution in [2.75, 3.05) is 19.6 Å². The van der Waals surface area contributed by atoms with Crippen LogP contribution < -0.4 is 15.4 Å². The summed E-state index contributed by atoms with van der Waals surface area (Å²) in [6.45, 7) is 4.45. The number of hydrogen-bond acceptors (Lipinski definition) is 3. The third-order valence-corrected chi connectivity index (χ3v) is 3.60. The van der Waals surface area contributed by atoms with Crippen molar-refractivity contribution in [1.29, 1.82) is 0 Å². The molecule has 1 unspecified atom stereocenters. The lowest BCUT2D eigenvalue weighted by Gasteiger charge is -2.27. The Morgan fingerprint density at radius 2 is 2.28 bits per heavy atom. The topological polar surface area (TPSA) is 50.4 Å². The van der Waals surface area contributed by atoms with E-state index in [-0.39, 0.29) is 5.91 Å². The first-order valence-corrected chi connectivity index (χ1v) is 6.85. The minimum absolute atomic E-state index is 0.0716. The maximum atomic E-state index is 11.8. The summed E-state index contributed by atoms with van der Waals surface area (Å²) in [7, 11) is 0. The van der Waals surface area contributed by atoms with Crippen LogP contribution in [0.4, 0.5) is 0 Å². The number of amides is 1. The first-order chi connectivity index (χ1) is 8.66. The summed E-state index contributed by atoms with van der Waals surface area (Å²) in [4.78, 5) is 11.8. The standard InChI is InChI=1S/C13H17BrN2O2/c1-9(13(17)16-8-10-6-15-7-10)18-12-5-3-2-4-11(12)14/h2-5,9-10,15H,6-8H2,1H3,(H,16,17). The van der Waals surface area contributed by atoms with Crippen molar-refractivity contribution < 1.29 is 9.53 Å². The lowest BCUT2D eigenvalue weighted by atomic mass is 10.0. The Kier molecular flexibility index (Phi) is 4.60. The van der Waals surface area contributed by atoms with Gasteiger partial charge in [0, 0.05) is 25.6 Å². The van der Waals surface area contributed by atoms with Crippen LogP contribution in [-0.2, 0) is 4.79 Å². The summed E-state index contributed by atoms with van der Waals surface area (Å²) >= 11 is 3.39. The van der Waals surface area contributed by atoms with Crippen molar-refractivity contribution in [1.82, 2.24) is 10.6 Å². The average Bonchev–Trinajstić information content (AvgIpc) is 2.30. The lowest BCUT2D eigenvalue weighted by molar-refractivity contribution is -0.127. The second-order valence-electron chi connectivity index (χ2n) is 4.46. The summed E-state index contributed by atoms with van der Waals surface area (Å²) in [5, 5.41) is 6.08. The molecule has 0 radical (unpaired) electrons. The zero-order valence-corrected chi connectivity index (χ0v) is 11.9. The highest BCUT2D eigenvalue weighted by molar-refractivity contribution is 9.10. The first-order valence-electron chi connectivity index (χ1n) is 6.06. The van der Waals surface area contributed by atoms with Crippen molar-refractivity contribution in [3.05, 3.63) is 28.7 Å². The zero-order valence-electron chi connectivity index (χ0n) is 10.3. The van der Waals surface area contributed by atoms with Gasteiger partial charge in [-0.05, 0) is 35.0 Å². The predicted octanol–water partition coefficient (Wildman–Crippen LogP) is 1.55. The van der Waals surface area contributed by atoms with E-state index in [2.05, 4.69) is 26.6 Å². The van der Waals surface area contributed by atoms with Crippen LogP contribution in [0.3, 0.4) is 0 Å². The van der Waals surface area contributed by atoms with E-state index < -0.39 is 6.10 Å².